The van der Waals surface area contributed by atoms with E-state index >= 15 is 0 Å². The third kappa shape index (κ3) is 2.42. The number of likely N-dealkylation sites (tertiary alicyclic amines) is 1. The Kier molecular flexibility index (Phi) is 3.45. The van der Waals surface area contributed by atoms with Crippen molar-refractivity contribution in [2.75, 3.05) is 13.1 Å². The van der Waals surface area contributed by atoms with E-state index in [-0.39, 0.29) is 11.8 Å². The van der Waals surface area contributed by atoms with Crippen molar-refractivity contribution in [2.45, 2.75) is 13.8 Å². The van der Waals surface area contributed by atoms with E-state index in [2.05, 4.69) is 6.07 Å². The fraction of sp³-hybridized carbons (Fsp3) is 0.375. The fourth-order valence-electron chi connectivity index (χ4n) is 2.93. The summed E-state index contributed by atoms with van der Waals surface area (Å²) in [6.45, 7) is 4.74. The molecule has 2 atom stereocenters. The summed E-state index contributed by atoms with van der Waals surface area (Å²) in [6.07, 6.45) is 0. The minimum atomic E-state index is -0.816. The maximum atomic E-state index is 12.7. The van der Waals surface area contributed by atoms with E-state index in [1.165, 1.54) is 5.56 Å². The fourth-order valence-corrected chi connectivity index (χ4v) is 3.96. The van der Waals surface area contributed by atoms with Crippen LogP contribution < -0.4 is 0 Å². The Hall–Kier alpha value is -1.88. The van der Waals surface area contributed by atoms with Gasteiger partial charge in [0.15, 0.2) is 0 Å². The van der Waals surface area contributed by atoms with Gasteiger partial charge in [-0.1, -0.05) is 19.1 Å². The van der Waals surface area contributed by atoms with Crippen molar-refractivity contribution < 1.29 is 14.7 Å². The van der Waals surface area contributed by atoms with Crippen molar-refractivity contribution in [3.8, 4) is 0 Å². The van der Waals surface area contributed by atoms with Crippen LogP contribution in [0, 0.1) is 18.8 Å². The molecule has 1 amide bonds. The van der Waals surface area contributed by atoms with E-state index in [9.17, 15) is 14.7 Å². The minimum absolute atomic E-state index is 0.00130. The molecule has 1 fully saturated rings. The smallest absolute Gasteiger partial charge is 0.308 e. The Bertz CT molecular complexity index is 721. The van der Waals surface area contributed by atoms with E-state index < -0.39 is 11.9 Å². The number of carbonyl (C=O) groups excluding carboxylic acids is 1. The quantitative estimate of drug-likeness (QED) is 0.928. The molecule has 0 aliphatic carbocycles. The lowest BCUT2D eigenvalue weighted by Gasteiger charge is -2.15. The number of nitrogens with zero attached hydrogens (tertiary/aromatic N) is 1. The van der Waals surface area contributed by atoms with Crippen molar-refractivity contribution in [3.63, 3.8) is 0 Å². The molecule has 0 radical (unpaired) electrons. The molecule has 4 nitrogen and oxygen atoms in total. The van der Waals surface area contributed by atoms with Crippen LogP contribution in [0.1, 0.15) is 22.8 Å². The second kappa shape index (κ2) is 5.15. The van der Waals surface area contributed by atoms with Crippen LogP contribution >= 0.6 is 11.3 Å². The van der Waals surface area contributed by atoms with Gasteiger partial charge in [0.25, 0.3) is 5.91 Å². The van der Waals surface area contributed by atoms with E-state index in [4.69, 9.17) is 0 Å². The van der Waals surface area contributed by atoms with Gasteiger partial charge in [0.05, 0.1) is 11.5 Å². The predicted molar refractivity (Wildman–Crippen MR) is 82.8 cm³/mol. The molecule has 2 aromatic rings. The highest BCUT2D eigenvalue weighted by Crippen LogP contribution is 2.30. The number of rotatable bonds is 2. The Labute approximate surface area is 127 Å². The van der Waals surface area contributed by atoms with Crippen molar-refractivity contribution in [2.24, 2.45) is 11.8 Å². The molecule has 1 N–H and O–H groups in total. The van der Waals surface area contributed by atoms with E-state index in [1.807, 2.05) is 31.4 Å². The highest BCUT2D eigenvalue weighted by Gasteiger charge is 2.37. The summed E-state index contributed by atoms with van der Waals surface area (Å²) in [5.41, 5.74) is 1.86. The van der Waals surface area contributed by atoms with E-state index in [0.29, 0.717) is 18.7 Å². The third-order valence-electron chi connectivity index (χ3n) is 4.18. The molecule has 0 unspecified atom stereocenters. The summed E-state index contributed by atoms with van der Waals surface area (Å²) in [7, 11) is 0. The number of carboxylic acid groups (broad SMARTS) is 1. The van der Waals surface area contributed by atoms with Crippen LogP contribution in [-0.4, -0.2) is 35.0 Å². The third-order valence-corrected chi connectivity index (χ3v) is 5.12. The molecule has 110 valence electrons. The number of fused-ring (bicyclic) bond motifs is 1. The first-order valence-corrected chi connectivity index (χ1v) is 7.85. The van der Waals surface area contributed by atoms with Gasteiger partial charge in [-0.15, -0.1) is 11.3 Å². The van der Waals surface area contributed by atoms with Gasteiger partial charge in [-0.25, -0.2) is 0 Å². The van der Waals surface area contributed by atoms with Crippen LogP contribution in [0.5, 0.6) is 0 Å². The minimum Gasteiger partial charge on any atom is -0.481 e. The summed E-state index contributed by atoms with van der Waals surface area (Å²) in [5.74, 6) is -1.33. The zero-order valence-corrected chi connectivity index (χ0v) is 12.8. The highest BCUT2D eigenvalue weighted by atomic mass is 32.1. The molecule has 0 bridgehead atoms. The number of amides is 1. The van der Waals surface area contributed by atoms with Gasteiger partial charge >= 0.3 is 5.97 Å². The molecule has 2 heterocycles. The maximum Gasteiger partial charge on any atom is 0.308 e. The van der Waals surface area contributed by atoms with Gasteiger partial charge in [-0.05, 0) is 24.5 Å². The number of benzene rings is 1. The first kappa shape index (κ1) is 14.1. The zero-order chi connectivity index (χ0) is 15.1. The predicted octanol–water partition coefficient (Wildman–Crippen LogP) is 3.00. The van der Waals surface area contributed by atoms with E-state index in [0.717, 1.165) is 10.1 Å². The van der Waals surface area contributed by atoms with Crippen LogP contribution in [0.4, 0.5) is 0 Å². The second-order valence-corrected chi connectivity index (χ2v) is 6.69. The molecule has 1 aliphatic rings. The summed E-state index contributed by atoms with van der Waals surface area (Å²) in [6, 6.07) is 6.05. The van der Waals surface area contributed by atoms with Crippen molar-refractivity contribution in [3.05, 3.63) is 34.7 Å². The molecule has 21 heavy (non-hydrogen) atoms. The SMILES string of the molecule is Cc1ccc2c(C(=O)N3C[C@@H](C)[C@H](C(=O)O)C3)csc2c1. The zero-order valence-electron chi connectivity index (χ0n) is 12.0. The van der Waals surface area contributed by atoms with Gasteiger partial charge in [0.2, 0.25) is 0 Å². The summed E-state index contributed by atoms with van der Waals surface area (Å²) in [5, 5.41) is 12.0. The first-order chi connectivity index (χ1) is 9.97. The number of hydrogen-bond donors (Lipinski definition) is 1. The summed E-state index contributed by atoms with van der Waals surface area (Å²) in [4.78, 5) is 25.5. The summed E-state index contributed by atoms with van der Waals surface area (Å²) >= 11 is 1.56. The van der Waals surface area contributed by atoms with Gasteiger partial charge in [-0.2, -0.15) is 0 Å². The van der Waals surface area contributed by atoms with E-state index in [1.54, 1.807) is 16.2 Å². The molecule has 3 rings (SSSR count). The Morgan fingerprint density at radius 3 is 2.76 bits per heavy atom. The average Bonchev–Trinajstić information content (AvgIpc) is 3.01. The second-order valence-electron chi connectivity index (χ2n) is 5.78. The molecule has 0 saturated carbocycles. The van der Waals surface area contributed by atoms with Crippen molar-refractivity contribution >= 4 is 33.3 Å². The molecule has 1 aromatic carbocycles. The average molecular weight is 303 g/mol. The van der Waals surface area contributed by atoms with Crippen LogP contribution in [0.2, 0.25) is 0 Å². The number of carboxylic acids is 1. The lowest BCUT2D eigenvalue weighted by molar-refractivity contribution is -0.142. The highest BCUT2D eigenvalue weighted by molar-refractivity contribution is 7.17. The van der Waals surface area contributed by atoms with Gasteiger partial charge in [0.1, 0.15) is 0 Å². The number of aliphatic carboxylic acids is 1. The molecule has 0 spiro atoms. The van der Waals surface area contributed by atoms with Crippen molar-refractivity contribution in [1.29, 1.82) is 0 Å². The molecular formula is C16H17NO3S. The van der Waals surface area contributed by atoms with Crippen molar-refractivity contribution in [1.82, 2.24) is 4.90 Å². The summed E-state index contributed by atoms with van der Waals surface area (Å²) < 4.78 is 1.10. The largest absolute Gasteiger partial charge is 0.481 e. The number of carbonyl (C=O) groups is 2. The number of hydrogen-bond acceptors (Lipinski definition) is 3. The monoisotopic (exact) mass is 303 g/mol. The molecular weight excluding hydrogens is 286 g/mol. The Morgan fingerprint density at radius 1 is 1.33 bits per heavy atom. The van der Waals surface area contributed by atoms with Crippen LogP contribution in [-0.2, 0) is 4.79 Å². The first-order valence-electron chi connectivity index (χ1n) is 6.97. The maximum absolute atomic E-state index is 12.7. The number of thiophene rings is 1. The molecule has 1 aromatic heterocycles. The van der Waals surface area contributed by atoms with Crippen LogP contribution in [0.15, 0.2) is 23.6 Å². The topological polar surface area (TPSA) is 57.6 Å². The molecule has 1 saturated heterocycles. The van der Waals surface area contributed by atoms with Gasteiger partial charge in [0, 0.05) is 28.6 Å². The van der Waals surface area contributed by atoms with Crippen LogP contribution in [0.3, 0.4) is 0 Å². The Morgan fingerprint density at radius 2 is 2.10 bits per heavy atom. The normalized spacial score (nSPS) is 21.9. The van der Waals surface area contributed by atoms with Gasteiger partial charge in [-0.3, -0.25) is 9.59 Å². The van der Waals surface area contributed by atoms with Gasteiger partial charge < -0.3 is 10.0 Å². The molecule has 1 aliphatic heterocycles. The van der Waals surface area contributed by atoms with Crippen LogP contribution in [0.25, 0.3) is 10.1 Å². The lowest BCUT2D eigenvalue weighted by Crippen LogP contribution is -2.29. The number of aryl methyl sites for hydroxylation is 1. The standard InChI is InChI=1S/C16H17NO3S/c1-9-3-4-11-13(8-21-14(11)5-9)15(18)17-6-10(2)12(7-17)16(19)20/h3-5,8,10,12H,6-7H2,1-2H3,(H,19,20)/t10-,12-/m1/s1. The Balaban J connectivity index is 1.90. The molecule has 5 heteroatoms. The lowest BCUT2D eigenvalue weighted by atomic mass is 9.99.